The summed E-state index contributed by atoms with van der Waals surface area (Å²) in [4.78, 5) is 5.01. The van der Waals surface area contributed by atoms with Crippen LogP contribution in [-0.4, -0.2) is 26.9 Å². The zero-order valence-electron chi connectivity index (χ0n) is 15.6. The molecule has 0 radical (unpaired) electrons. The molecule has 0 saturated carbocycles. The van der Waals surface area contributed by atoms with E-state index in [9.17, 15) is 0 Å². The minimum atomic E-state index is -2.34. The fraction of sp³-hybridized carbons (Fsp3) is 0.765. The van der Waals surface area contributed by atoms with Crippen LogP contribution in [-0.2, 0) is 0 Å². The van der Waals surface area contributed by atoms with Crippen LogP contribution < -0.4 is 3.20 Å². The van der Waals surface area contributed by atoms with Gasteiger partial charge in [0.25, 0.3) is 0 Å². The number of allylic oxidation sites excluding steroid dienone is 2. The molecule has 0 aliphatic carbocycles. The third-order valence-corrected chi connectivity index (χ3v) is 25.8. The van der Waals surface area contributed by atoms with Gasteiger partial charge in [0.05, 0.1) is 0 Å². The van der Waals surface area contributed by atoms with Crippen LogP contribution >= 0.6 is 0 Å². The normalized spacial score (nSPS) is 14.3. The first kappa shape index (κ1) is 20.5. The van der Waals surface area contributed by atoms with Gasteiger partial charge in [0, 0.05) is 0 Å². The molecule has 0 atom stereocenters. The summed E-state index contributed by atoms with van der Waals surface area (Å²) in [6.07, 6.45) is 0. The van der Waals surface area contributed by atoms with Gasteiger partial charge in [-0.15, -0.1) is 0 Å². The monoisotopic (exact) mass is 403 g/mol. The first-order valence-electron chi connectivity index (χ1n) is 7.66. The standard InChI is InChI=1S/C9H22NSi.C6H9.2CH3.Sn/c1-8(2,3)11(7,10)9(4,5)6;1-5(2)6(3)4;;;/h10H,1-7H3;1-3H2,4H3;2*1H3;/q-1;;;;+1. The van der Waals surface area contributed by atoms with Gasteiger partial charge in [0.2, 0.25) is 0 Å². The molecular formula is C17H37NSiSn. The first-order chi connectivity index (χ1) is 8.53. The van der Waals surface area contributed by atoms with Crippen molar-refractivity contribution in [2.75, 3.05) is 0 Å². The molecule has 20 heavy (non-hydrogen) atoms. The average molecular weight is 402 g/mol. The van der Waals surface area contributed by atoms with Crippen LogP contribution in [0.3, 0.4) is 0 Å². The third-order valence-electron chi connectivity index (χ3n) is 4.85. The Kier molecular flexibility index (Phi) is 6.43. The summed E-state index contributed by atoms with van der Waals surface area (Å²) in [5.41, 5.74) is 2.39. The van der Waals surface area contributed by atoms with Crippen LogP contribution in [0, 0.1) is 0 Å². The minimum absolute atomic E-state index is 0.351. The van der Waals surface area contributed by atoms with Crippen molar-refractivity contribution < 1.29 is 0 Å². The molecule has 0 bridgehead atoms. The Morgan fingerprint density at radius 3 is 1.60 bits per heavy atom. The summed E-state index contributed by atoms with van der Waals surface area (Å²) in [7, 11) is -1.62. The van der Waals surface area contributed by atoms with Gasteiger partial charge in [0.15, 0.2) is 0 Å². The molecule has 0 heterocycles. The molecule has 0 aromatic heterocycles. The van der Waals surface area contributed by atoms with Crippen molar-refractivity contribution >= 4 is 26.9 Å². The van der Waals surface area contributed by atoms with E-state index < -0.39 is 26.9 Å². The van der Waals surface area contributed by atoms with Gasteiger partial charge in [-0.2, -0.15) is 0 Å². The van der Waals surface area contributed by atoms with E-state index in [1.54, 1.807) is 0 Å². The quantitative estimate of drug-likeness (QED) is 0.434. The van der Waals surface area contributed by atoms with Crippen LogP contribution in [0.25, 0.3) is 0 Å². The summed E-state index contributed by atoms with van der Waals surface area (Å²) in [5, 5.41) is 0.702. The molecular weight excluding hydrogens is 365 g/mol. The predicted molar refractivity (Wildman–Crippen MR) is 100 cm³/mol. The summed E-state index contributed by atoms with van der Waals surface area (Å²) in [6, 6.07) is 0. The van der Waals surface area contributed by atoms with Crippen LogP contribution in [0.2, 0.25) is 30.9 Å². The molecule has 0 aromatic rings. The zero-order chi connectivity index (χ0) is 16.6. The van der Waals surface area contributed by atoms with Crippen LogP contribution in [0.5, 0.6) is 0 Å². The van der Waals surface area contributed by atoms with Crippen molar-refractivity contribution in [2.24, 2.45) is 0 Å². The van der Waals surface area contributed by atoms with E-state index in [0.29, 0.717) is 10.1 Å². The molecule has 0 aliphatic heterocycles. The Hall–Kier alpha value is 0.456. The molecule has 1 nitrogen and oxygen atoms in total. The molecule has 0 amide bonds. The molecule has 0 aromatic carbocycles. The van der Waals surface area contributed by atoms with Gasteiger partial charge in [-0.05, 0) is 0 Å². The molecule has 1 N–H and O–H groups in total. The third kappa shape index (κ3) is 5.02. The topological polar surface area (TPSA) is 12.0 Å². The molecule has 0 saturated heterocycles. The summed E-state index contributed by atoms with van der Waals surface area (Å²) < 4.78 is 5.45. The van der Waals surface area contributed by atoms with Crippen LogP contribution in [0.1, 0.15) is 48.5 Å². The Bertz CT molecular complexity index is 369. The van der Waals surface area contributed by atoms with Crippen molar-refractivity contribution in [3.8, 4) is 0 Å². The van der Waals surface area contributed by atoms with Gasteiger partial charge in [-0.25, -0.2) is 0 Å². The molecule has 0 rings (SSSR count). The predicted octanol–water partition coefficient (Wildman–Crippen LogP) is 6.09. The molecule has 118 valence electrons. The maximum absolute atomic E-state index is 4.28. The Labute approximate surface area is 133 Å². The summed E-state index contributed by atoms with van der Waals surface area (Å²) in [6.45, 7) is 27.3. The van der Waals surface area contributed by atoms with E-state index in [0.717, 1.165) is 5.57 Å². The van der Waals surface area contributed by atoms with Gasteiger partial charge in [-0.3, -0.25) is 0 Å². The number of hydrogen-bond donors (Lipinski definition) is 1. The van der Waals surface area contributed by atoms with Crippen LogP contribution in [0.4, 0.5) is 0 Å². The molecule has 0 spiro atoms. The molecule has 0 aliphatic rings. The van der Waals surface area contributed by atoms with Gasteiger partial charge >= 0.3 is 134 Å². The first-order valence-corrected chi connectivity index (χ1v) is 19.3. The fourth-order valence-electron chi connectivity index (χ4n) is 2.91. The summed E-state index contributed by atoms with van der Waals surface area (Å²) in [5.74, 6) is 0. The van der Waals surface area contributed by atoms with Gasteiger partial charge < -0.3 is 0 Å². The van der Waals surface area contributed by atoms with E-state index >= 15 is 0 Å². The Morgan fingerprint density at radius 1 is 1.00 bits per heavy atom. The molecule has 3 heteroatoms. The zero-order valence-corrected chi connectivity index (χ0v) is 19.5. The van der Waals surface area contributed by atoms with Crippen molar-refractivity contribution in [2.45, 2.75) is 79.4 Å². The SMILES string of the molecule is C=C(C)C(=C)[CH2][Sn]([CH3])([CH3])[NH][Si](C)(C(C)(C)C)C(C)(C)C. The summed E-state index contributed by atoms with van der Waals surface area (Å²) >= 11 is -2.34. The number of nitrogens with one attached hydrogen (secondary N) is 1. The van der Waals surface area contributed by atoms with Gasteiger partial charge in [0.1, 0.15) is 0 Å². The van der Waals surface area contributed by atoms with Crippen molar-refractivity contribution in [1.82, 2.24) is 3.20 Å². The molecule has 0 fully saturated rings. The van der Waals surface area contributed by atoms with E-state index in [2.05, 4.69) is 81.3 Å². The fourth-order valence-corrected chi connectivity index (χ4v) is 30.0. The van der Waals surface area contributed by atoms with Gasteiger partial charge in [-0.1, -0.05) is 0 Å². The average Bonchev–Trinajstić information content (AvgIpc) is 2.11. The maximum atomic E-state index is 4.28. The second-order valence-electron chi connectivity index (χ2n) is 9.19. The number of hydrogen-bond acceptors (Lipinski definition) is 1. The van der Waals surface area contributed by atoms with E-state index in [4.69, 9.17) is 0 Å². The van der Waals surface area contributed by atoms with Crippen molar-refractivity contribution in [3.63, 3.8) is 0 Å². The van der Waals surface area contributed by atoms with Crippen molar-refractivity contribution in [3.05, 3.63) is 24.3 Å². The van der Waals surface area contributed by atoms with E-state index in [-0.39, 0.29) is 0 Å². The Morgan fingerprint density at radius 2 is 1.35 bits per heavy atom. The Balaban J connectivity index is 5.39. The van der Waals surface area contributed by atoms with E-state index in [1.807, 2.05) is 0 Å². The van der Waals surface area contributed by atoms with E-state index in [1.165, 1.54) is 10.0 Å². The van der Waals surface area contributed by atoms with Crippen LogP contribution in [0.15, 0.2) is 24.3 Å². The second kappa shape index (κ2) is 6.29. The molecule has 0 unspecified atom stereocenters. The second-order valence-corrected chi connectivity index (χ2v) is 28.6. The van der Waals surface area contributed by atoms with Crippen molar-refractivity contribution in [1.29, 1.82) is 0 Å². The number of rotatable bonds is 5.